The topological polar surface area (TPSA) is 83.8 Å². The van der Waals surface area contributed by atoms with Crippen molar-refractivity contribution in [3.63, 3.8) is 0 Å². The Kier molecular flexibility index (Phi) is 5.52. The van der Waals surface area contributed by atoms with Gasteiger partial charge in [0.05, 0.1) is 6.10 Å². The fraction of sp³-hybridized carbons (Fsp3) is 0.714. The van der Waals surface area contributed by atoms with Gasteiger partial charge in [-0.2, -0.15) is 0 Å². The monoisotopic (exact) mass is 207 g/mol. The first kappa shape index (κ1) is 12.3. The maximum Gasteiger partial charge on any atom is 0.335 e. The van der Waals surface area contributed by atoms with Gasteiger partial charge in [-0.1, -0.05) is 0 Å². The van der Waals surface area contributed by atoms with E-state index in [-0.39, 0.29) is 6.61 Å². The predicted octanol–water partition coefficient (Wildman–Crippen LogP) is -1.27. The molecule has 0 aliphatic rings. The number of carbonyl (C=O) groups excluding carboxylic acids is 2. The molecule has 0 saturated heterocycles. The van der Waals surface area contributed by atoms with Crippen LogP contribution in [-0.2, 0) is 27.0 Å². The summed E-state index contributed by atoms with van der Waals surface area (Å²) >= 11 is 4.15. The summed E-state index contributed by atoms with van der Waals surface area (Å²) in [5.41, 5.74) is 0. The Morgan fingerprint density at radius 3 is 2.38 bits per heavy atom. The van der Waals surface area contributed by atoms with E-state index in [9.17, 15) is 9.59 Å². The normalized spacial score (nSPS) is 14.7. The number of aliphatic hydroxyl groups excluding tert-OH is 2. The molecular formula is C7H11O5S-. The molecular weight excluding hydrogens is 196 g/mol. The highest BCUT2D eigenvalue weighted by Crippen LogP contribution is 1.96. The molecule has 0 rings (SSSR count). The maximum atomic E-state index is 10.8. The first-order chi connectivity index (χ1) is 5.93. The molecule has 2 unspecified atom stereocenters. The van der Waals surface area contributed by atoms with Gasteiger partial charge in [0.2, 0.25) is 0 Å². The highest BCUT2D eigenvalue weighted by molar-refractivity contribution is 7.77. The average molecular weight is 207 g/mol. The first-order valence-electron chi connectivity index (χ1n) is 3.66. The fourth-order valence-electron chi connectivity index (χ4n) is 0.540. The third kappa shape index (κ3) is 6.44. The molecule has 0 heterocycles. The molecule has 0 bridgehead atoms. The molecule has 2 N–H and O–H groups in total. The summed E-state index contributed by atoms with van der Waals surface area (Å²) in [7, 11) is 0. The van der Waals surface area contributed by atoms with E-state index in [2.05, 4.69) is 17.4 Å². The van der Waals surface area contributed by atoms with E-state index in [1.165, 1.54) is 6.92 Å². The zero-order valence-corrected chi connectivity index (χ0v) is 7.91. The van der Waals surface area contributed by atoms with Gasteiger partial charge in [-0.15, -0.1) is 0 Å². The van der Waals surface area contributed by atoms with Crippen LogP contribution in [0.3, 0.4) is 0 Å². The van der Waals surface area contributed by atoms with Crippen molar-refractivity contribution in [3.8, 4) is 0 Å². The van der Waals surface area contributed by atoms with Gasteiger partial charge in [-0.25, -0.2) is 4.79 Å². The fourth-order valence-corrected chi connectivity index (χ4v) is 0.698. The van der Waals surface area contributed by atoms with Gasteiger partial charge in [0, 0.05) is 11.5 Å². The molecule has 6 heteroatoms. The van der Waals surface area contributed by atoms with E-state index in [0.29, 0.717) is 0 Å². The lowest BCUT2D eigenvalue weighted by Gasteiger charge is -2.12. The lowest BCUT2D eigenvalue weighted by atomic mass is 10.3. The average Bonchev–Trinajstić information content (AvgIpc) is 1.98. The SMILES string of the molecule is CC(O)COC(=O)C(O)CC(=O)[S-]. The summed E-state index contributed by atoms with van der Waals surface area (Å²) in [5, 5.41) is 17.0. The van der Waals surface area contributed by atoms with E-state index in [0.717, 1.165) is 0 Å². The Morgan fingerprint density at radius 1 is 1.46 bits per heavy atom. The molecule has 0 aliphatic carbocycles. The van der Waals surface area contributed by atoms with Crippen LogP contribution in [0.5, 0.6) is 0 Å². The van der Waals surface area contributed by atoms with Crippen molar-refractivity contribution in [2.24, 2.45) is 0 Å². The van der Waals surface area contributed by atoms with Crippen molar-refractivity contribution in [1.29, 1.82) is 0 Å². The van der Waals surface area contributed by atoms with Crippen LogP contribution in [0.15, 0.2) is 0 Å². The smallest absolute Gasteiger partial charge is 0.335 e. The molecule has 0 aliphatic heterocycles. The highest BCUT2D eigenvalue weighted by Gasteiger charge is 2.16. The molecule has 76 valence electrons. The van der Waals surface area contributed by atoms with Crippen molar-refractivity contribution in [2.45, 2.75) is 25.6 Å². The van der Waals surface area contributed by atoms with E-state index >= 15 is 0 Å². The number of ether oxygens (including phenoxy) is 1. The highest BCUT2D eigenvalue weighted by atomic mass is 32.1. The lowest BCUT2D eigenvalue weighted by Crippen LogP contribution is -2.27. The Bertz CT molecular complexity index is 191. The van der Waals surface area contributed by atoms with E-state index in [1.807, 2.05) is 0 Å². The second-order valence-corrected chi connectivity index (χ2v) is 3.03. The van der Waals surface area contributed by atoms with Crippen LogP contribution in [0.2, 0.25) is 0 Å². The van der Waals surface area contributed by atoms with E-state index in [1.54, 1.807) is 0 Å². The summed E-state index contributed by atoms with van der Waals surface area (Å²) in [6, 6.07) is 0. The summed E-state index contributed by atoms with van der Waals surface area (Å²) < 4.78 is 4.43. The van der Waals surface area contributed by atoms with Gasteiger partial charge in [-0.3, -0.25) is 0 Å². The summed E-state index contributed by atoms with van der Waals surface area (Å²) in [6.45, 7) is 1.22. The zero-order chi connectivity index (χ0) is 10.4. The van der Waals surface area contributed by atoms with Crippen LogP contribution in [0.25, 0.3) is 0 Å². The first-order valence-corrected chi connectivity index (χ1v) is 4.07. The second kappa shape index (κ2) is 5.85. The molecule has 0 aromatic rings. The van der Waals surface area contributed by atoms with E-state index in [4.69, 9.17) is 10.2 Å². The number of esters is 1. The number of aliphatic hydroxyl groups is 2. The van der Waals surface area contributed by atoms with Gasteiger partial charge < -0.3 is 32.4 Å². The predicted molar refractivity (Wildman–Crippen MR) is 45.6 cm³/mol. The Hall–Kier alpha value is -0.720. The van der Waals surface area contributed by atoms with Crippen LogP contribution in [0, 0.1) is 0 Å². The maximum absolute atomic E-state index is 10.8. The quantitative estimate of drug-likeness (QED) is 0.432. The summed E-state index contributed by atoms with van der Waals surface area (Å²) in [5.74, 6) is -0.945. The molecule has 0 aromatic carbocycles. The minimum Gasteiger partial charge on any atom is -0.742 e. The number of rotatable bonds is 5. The van der Waals surface area contributed by atoms with Crippen molar-refractivity contribution in [1.82, 2.24) is 0 Å². The molecule has 0 fully saturated rings. The Morgan fingerprint density at radius 2 is 2.00 bits per heavy atom. The Balaban J connectivity index is 3.76. The number of carbonyl (C=O) groups is 2. The lowest BCUT2D eigenvalue weighted by molar-refractivity contribution is -0.157. The summed E-state index contributed by atoms with van der Waals surface area (Å²) in [6.07, 6.45) is -2.76. The molecule has 5 nitrogen and oxygen atoms in total. The molecule has 0 spiro atoms. The molecule has 0 saturated carbocycles. The minimum absolute atomic E-state index is 0.207. The van der Waals surface area contributed by atoms with Gasteiger partial charge >= 0.3 is 5.97 Å². The second-order valence-electron chi connectivity index (χ2n) is 2.57. The molecule has 0 amide bonds. The standard InChI is InChI=1S/C7H12O5S/c1-4(8)3-12-7(11)5(9)2-6(10)13/h4-5,8-9H,2-3H2,1H3,(H,10,13)/p-1. The largest absolute Gasteiger partial charge is 0.742 e. The number of hydrogen-bond donors (Lipinski definition) is 2. The van der Waals surface area contributed by atoms with Crippen molar-refractivity contribution < 1.29 is 24.5 Å². The van der Waals surface area contributed by atoms with Gasteiger partial charge in [0.15, 0.2) is 6.10 Å². The Labute approximate surface area is 81.1 Å². The number of hydrogen-bond acceptors (Lipinski definition) is 6. The molecule has 0 aromatic heterocycles. The van der Waals surface area contributed by atoms with Crippen LogP contribution in [-0.4, -0.2) is 40.1 Å². The van der Waals surface area contributed by atoms with E-state index < -0.39 is 29.7 Å². The summed E-state index contributed by atoms with van der Waals surface area (Å²) in [4.78, 5) is 21.1. The van der Waals surface area contributed by atoms with Crippen molar-refractivity contribution in [2.75, 3.05) is 6.61 Å². The van der Waals surface area contributed by atoms with Crippen LogP contribution in [0.1, 0.15) is 13.3 Å². The molecule has 2 atom stereocenters. The van der Waals surface area contributed by atoms with Crippen molar-refractivity contribution >= 4 is 23.7 Å². The van der Waals surface area contributed by atoms with Crippen LogP contribution in [0.4, 0.5) is 0 Å². The minimum atomic E-state index is -1.52. The molecule has 0 radical (unpaired) electrons. The third-order valence-electron chi connectivity index (χ3n) is 1.10. The van der Waals surface area contributed by atoms with Gasteiger partial charge in [0.25, 0.3) is 0 Å². The van der Waals surface area contributed by atoms with Gasteiger partial charge in [0.1, 0.15) is 6.61 Å². The van der Waals surface area contributed by atoms with Gasteiger partial charge in [-0.05, 0) is 6.92 Å². The van der Waals surface area contributed by atoms with Crippen molar-refractivity contribution in [3.05, 3.63) is 0 Å². The van der Waals surface area contributed by atoms with Crippen LogP contribution >= 0.6 is 0 Å². The molecule has 13 heavy (non-hydrogen) atoms. The zero-order valence-electron chi connectivity index (χ0n) is 7.10. The van der Waals surface area contributed by atoms with Crippen LogP contribution < -0.4 is 0 Å². The third-order valence-corrected chi connectivity index (χ3v) is 1.27.